The lowest BCUT2D eigenvalue weighted by molar-refractivity contribution is -0.159. The van der Waals surface area contributed by atoms with Crippen LogP contribution in [0.25, 0.3) is 0 Å². The smallest absolute Gasteiger partial charge is 0.394 e. The summed E-state index contributed by atoms with van der Waals surface area (Å²) in [5.74, 6) is 0.180. The van der Waals surface area contributed by atoms with Gasteiger partial charge in [0.15, 0.2) is 11.5 Å². The minimum atomic E-state index is -3.29. The molecule has 1 aromatic carbocycles. The molecule has 0 saturated heterocycles. The molecule has 0 unspecified atom stereocenters. The van der Waals surface area contributed by atoms with Gasteiger partial charge in [0.25, 0.3) is 5.91 Å². The summed E-state index contributed by atoms with van der Waals surface area (Å²) in [5, 5.41) is 21.6. The van der Waals surface area contributed by atoms with Crippen molar-refractivity contribution >= 4 is 17.6 Å². The maximum atomic E-state index is 13.0. The molecule has 1 fully saturated rings. The van der Waals surface area contributed by atoms with Crippen molar-refractivity contribution in [1.29, 1.82) is 0 Å². The molecule has 1 saturated carbocycles. The van der Waals surface area contributed by atoms with E-state index < -0.39 is 12.0 Å². The molecule has 190 valence electrons. The first-order valence-corrected chi connectivity index (χ1v) is 11.7. The third-order valence-electron chi connectivity index (χ3n) is 5.41. The van der Waals surface area contributed by atoms with Gasteiger partial charge in [0.1, 0.15) is 5.75 Å². The van der Waals surface area contributed by atoms with Crippen LogP contribution in [0.2, 0.25) is 0 Å². The van der Waals surface area contributed by atoms with Crippen molar-refractivity contribution in [1.82, 2.24) is 30.5 Å². The maximum Gasteiger partial charge on any atom is 0.394 e. The molecular weight excluding hydrogens is 472 g/mol. The number of nitrogens with one attached hydrogen (secondary N) is 2. The zero-order valence-electron chi connectivity index (χ0n) is 19.8. The molecule has 1 aliphatic rings. The number of hydrogen-bond donors (Lipinski definition) is 2. The van der Waals surface area contributed by atoms with Gasteiger partial charge in [-0.05, 0) is 61.9 Å². The second kappa shape index (κ2) is 11.2. The van der Waals surface area contributed by atoms with Crippen molar-refractivity contribution in [2.24, 2.45) is 5.92 Å². The Hall–Kier alpha value is -3.96. The highest BCUT2D eigenvalue weighted by Crippen LogP contribution is 2.29. The summed E-state index contributed by atoms with van der Waals surface area (Å²) in [4.78, 5) is 24.1. The van der Waals surface area contributed by atoms with Crippen molar-refractivity contribution in [3.8, 4) is 5.75 Å². The lowest BCUT2D eigenvalue weighted by Crippen LogP contribution is -2.23. The molecule has 0 spiro atoms. The first-order valence-electron chi connectivity index (χ1n) is 11.7. The Morgan fingerprint density at radius 1 is 1.14 bits per heavy atom. The molecular formula is C24H27F2N7O3. The van der Waals surface area contributed by atoms with E-state index in [1.165, 1.54) is 12.1 Å². The summed E-state index contributed by atoms with van der Waals surface area (Å²) in [6, 6.07) is 9.74. The fraction of sp³-hybridized carbons (Fsp3) is 0.417. The third-order valence-corrected chi connectivity index (χ3v) is 5.41. The number of carbonyl (C=O) groups is 2. The standard InChI is InChI=1S/C24H27F2N7O3/c1-24(25,26)36-19-7-4-5-16(13-19)14-27-23(35)20-15-33(32-30-20)12-3-2-6-18-10-11-21(31-29-18)28-22(34)17-8-9-17/h4-5,7,10-11,13,15,17H,2-3,6,8-9,12,14H2,1H3,(H,27,35)(H,28,31,34). The van der Waals surface area contributed by atoms with Crippen LogP contribution in [0, 0.1) is 5.92 Å². The van der Waals surface area contributed by atoms with Crippen molar-refractivity contribution in [2.75, 3.05) is 5.32 Å². The molecule has 4 rings (SSSR count). The van der Waals surface area contributed by atoms with Crippen LogP contribution in [0.4, 0.5) is 14.6 Å². The third kappa shape index (κ3) is 7.79. The number of rotatable bonds is 12. The van der Waals surface area contributed by atoms with Gasteiger partial charge in [0.2, 0.25) is 5.91 Å². The lowest BCUT2D eigenvalue weighted by atomic mass is 10.2. The van der Waals surface area contributed by atoms with Crippen LogP contribution in [0.5, 0.6) is 5.75 Å². The molecule has 0 aliphatic heterocycles. The van der Waals surface area contributed by atoms with E-state index in [4.69, 9.17) is 0 Å². The number of halogens is 2. The normalized spacial score (nSPS) is 13.3. The van der Waals surface area contributed by atoms with E-state index in [2.05, 4.69) is 35.9 Å². The van der Waals surface area contributed by atoms with Gasteiger partial charge in [-0.2, -0.15) is 13.9 Å². The average molecular weight is 500 g/mol. The van der Waals surface area contributed by atoms with Crippen LogP contribution < -0.4 is 15.4 Å². The molecule has 2 aromatic heterocycles. The fourth-order valence-corrected chi connectivity index (χ4v) is 3.42. The zero-order chi connectivity index (χ0) is 25.5. The van der Waals surface area contributed by atoms with Crippen molar-refractivity contribution in [3.63, 3.8) is 0 Å². The minimum Gasteiger partial charge on any atom is -0.433 e. The van der Waals surface area contributed by atoms with Crippen LogP contribution in [0.1, 0.15) is 54.4 Å². The first kappa shape index (κ1) is 25.1. The van der Waals surface area contributed by atoms with Crippen molar-refractivity contribution in [2.45, 2.75) is 58.2 Å². The predicted molar refractivity (Wildman–Crippen MR) is 125 cm³/mol. The van der Waals surface area contributed by atoms with E-state index in [0.717, 1.165) is 37.8 Å². The Morgan fingerprint density at radius 3 is 2.69 bits per heavy atom. The summed E-state index contributed by atoms with van der Waals surface area (Å²) in [6.45, 7) is 1.37. The average Bonchev–Trinajstić information content (AvgIpc) is 3.59. The summed E-state index contributed by atoms with van der Waals surface area (Å²) < 4.78 is 32.2. The number of amides is 2. The molecule has 10 nitrogen and oxygen atoms in total. The monoisotopic (exact) mass is 499 g/mol. The van der Waals surface area contributed by atoms with Crippen LogP contribution in [-0.2, 0) is 24.3 Å². The maximum absolute atomic E-state index is 13.0. The number of nitrogens with zero attached hydrogens (tertiary/aromatic N) is 5. The Bertz CT molecular complexity index is 1190. The van der Waals surface area contributed by atoms with Crippen molar-refractivity contribution < 1.29 is 23.1 Å². The molecule has 0 radical (unpaired) electrons. The molecule has 2 heterocycles. The van der Waals surface area contributed by atoms with Gasteiger partial charge >= 0.3 is 6.11 Å². The number of hydrogen-bond acceptors (Lipinski definition) is 7. The molecule has 36 heavy (non-hydrogen) atoms. The largest absolute Gasteiger partial charge is 0.433 e. The number of aromatic nitrogens is 5. The van der Waals surface area contributed by atoms with Gasteiger partial charge in [-0.15, -0.1) is 10.2 Å². The molecule has 0 bridgehead atoms. The predicted octanol–water partition coefficient (Wildman–Crippen LogP) is 3.36. The molecule has 0 atom stereocenters. The Kier molecular flexibility index (Phi) is 7.81. The second-order valence-electron chi connectivity index (χ2n) is 8.74. The van der Waals surface area contributed by atoms with E-state index in [9.17, 15) is 18.4 Å². The summed E-state index contributed by atoms with van der Waals surface area (Å²) in [7, 11) is 0. The number of ether oxygens (including phenoxy) is 1. The topological polar surface area (TPSA) is 124 Å². The van der Waals surface area contributed by atoms with Gasteiger partial charge in [-0.3, -0.25) is 14.3 Å². The van der Waals surface area contributed by atoms with E-state index in [1.807, 2.05) is 6.07 Å². The number of alkyl halides is 2. The second-order valence-corrected chi connectivity index (χ2v) is 8.74. The minimum absolute atomic E-state index is 0.000980. The van der Waals surface area contributed by atoms with Gasteiger partial charge < -0.3 is 15.4 Å². The number of unbranched alkanes of at least 4 members (excludes halogenated alkanes) is 1. The Labute approximate surface area is 206 Å². The number of anilines is 1. The number of aryl methyl sites for hydroxylation is 2. The number of carbonyl (C=O) groups excluding carboxylic acids is 2. The SMILES string of the molecule is CC(F)(F)Oc1cccc(CNC(=O)c2cn(CCCCc3ccc(NC(=O)C4CC4)nn3)nn2)c1. The summed E-state index contributed by atoms with van der Waals surface area (Å²) >= 11 is 0. The summed E-state index contributed by atoms with van der Waals surface area (Å²) in [6.07, 6.45) is 2.49. The molecule has 12 heteroatoms. The quantitative estimate of drug-likeness (QED) is 0.366. The molecule has 1 aliphatic carbocycles. The fourth-order valence-electron chi connectivity index (χ4n) is 3.42. The lowest BCUT2D eigenvalue weighted by Gasteiger charge is -2.13. The Morgan fingerprint density at radius 2 is 1.97 bits per heavy atom. The first-order chi connectivity index (χ1) is 17.2. The summed E-state index contributed by atoms with van der Waals surface area (Å²) in [5.41, 5.74) is 1.60. The highest BCUT2D eigenvalue weighted by Gasteiger charge is 2.29. The zero-order valence-corrected chi connectivity index (χ0v) is 19.8. The van der Waals surface area contributed by atoms with E-state index >= 15 is 0 Å². The Balaban J connectivity index is 1.17. The molecule has 3 aromatic rings. The van der Waals surface area contributed by atoms with Gasteiger partial charge in [0.05, 0.1) is 11.9 Å². The molecule has 2 amide bonds. The van der Waals surface area contributed by atoms with Gasteiger partial charge in [0, 0.05) is 25.9 Å². The molecule has 2 N–H and O–H groups in total. The van der Waals surface area contributed by atoms with Crippen LogP contribution in [0.15, 0.2) is 42.6 Å². The highest BCUT2D eigenvalue weighted by atomic mass is 19.3. The van der Waals surface area contributed by atoms with E-state index in [0.29, 0.717) is 24.8 Å². The van der Waals surface area contributed by atoms with Gasteiger partial charge in [-0.25, -0.2) is 0 Å². The number of benzene rings is 1. The van der Waals surface area contributed by atoms with Gasteiger partial charge in [-0.1, -0.05) is 17.3 Å². The van der Waals surface area contributed by atoms with E-state index in [1.54, 1.807) is 29.1 Å². The van der Waals surface area contributed by atoms with Crippen LogP contribution in [0.3, 0.4) is 0 Å². The highest BCUT2D eigenvalue weighted by molar-refractivity contribution is 5.93. The van der Waals surface area contributed by atoms with Crippen LogP contribution in [-0.4, -0.2) is 43.1 Å². The van der Waals surface area contributed by atoms with Crippen molar-refractivity contribution in [3.05, 3.63) is 59.5 Å². The van der Waals surface area contributed by atoms with Crippen LogP contribution >= 0.6 is 0 Å². The van der Waals surface area contributed by atoms with E-state index in [-0.39, 0.29) is 29.8 Å².